The molecule has 0 unspecified atom stereocenters. The summed E-state index contributed by atoms with van der Waals surface area (Å²) in [6, 6.07) is 14.0. The van der Waals surface area contributed by atoms with Crippen LogP contribution in [0.4, 0.5) is 11.4 Å². The molecule has 0 spiro atoms. The minimum atomic E-state index is -0.166. The van der Waals surface area contributed by atoms with Crippen molar-refractivity contribution in [2.24, 2.45) is 0 Å². The van der Waals surface area contributed by atoms with Crippen molar-refractivity contribution >= 4 is 34.6 Å². The third-order valence-electron chi connectivity index (χ3n) is 6.23. The van der Waals surface area contributed by atoms with Gasteiger partial charge in [0.15, 0.2) is 5.11 Å². The van der Waals surface area contributed by atoms with E-state index in [1.54, 1.807) is 13.3 Å². The number of methoxy groups -OCH3 is 1. The van der Waals surface area contributed by atoms with Crippen LogP contribution < -0.4 is 20.3 Å². The van der Waals surface area contributed by atoms with Crippen LogP contribution in [0.2, 0.25) is 0 Å². The van der Waals surface area contributed by atoms with Crippen LogP contribution in [0.5, 0.6) is 5.75 Å². The lowest BCUT2D eigenvalue weighted by Gasteiger charge is -2.29. The number of nitrogens with one attached hydrogen (secondary N) is 2. The molecule has 0 aliphatic carbocycles. The van der Waals surface area contributed by atoms with Gasteiger partial charge in [0.05, 0.1) is 30.6 Å². The molecule has 1 aromatic carbocycles. The molecule has 2 aromatic heterocycles. The number of aryl methyl sites for hydroxylation is 1. The number of nitrogens with zero attached hydrogens (tertiary/aromatic N) is 3. The maximum absolute atomic E-state index is 11.8. The van der Waals surface area contributed by atoms with E-state index in [9.17, 15) is 4.79 Å². The largest absolute Gasteiger partial charge is 0.495 e. The van der Waals surface area contributed by atoms with Crippen LogP contribution in [-0.4, -0.2) is 27.7 Å². The van der Waals surface area contributed by atoms with Gasteiger partial charge < -0.3 is 24.8 Å². The number of ether oxygens (including phenoxy) is 1. The zero-order valence-electron chi connectivity index (χ0n) is 20.4. The van der Waals surface area contributed by atoms with Gasteiger partial charge in [0.2, 0.25) is 5.91 Å². The van der Waals surface area contributed by atoms with E-state index in [0.717, 1.165) is 11.4 Å². The molecule has 3 heterocycles. The van der Waals surface area contributed by atoms with Crippen molar-refractivity contribution in [3.05, 3.63) is 71.3 Å². The van der Waals surface area contributed by atoms with Crippen molar-refractivity contribution in [3.8, 4) is 5.75 Å². The molecule has 0 radical (unpaired) electrons. The van der Waals surface area contributed by atoms with E-state index in [2.05, 4.69) is 58.8 Å². The molecular formula is C26H31N5O2S. The number of benzene rings is 1. The van der Waals surface area contributed by atoms with Gasteiger partial charge in [-0.25, -0.2) is 0 Å². The Bertz CT molecular complexity index is 1220. The summed E-state index contributed by atoms with van der Waals surface area (Å²) < 4.78 is 7.81. The summed E-state index contributed by atoms with van der Waals surface area (Å²) in [4.78, 5) is 18.6. The second kappa shape index (κ2) is 9.46. The summed E-state index contributed by atoms with van der Waals surface area (Å²) in [6.07, 6.45) is 1.81. The number of anilines is 2. The molecule has 7 nitrogen and oxygen atoms in total. The van der Waals surface area contributed by atoms with Crippen molar-refractivity contribution in [1.82, 2.24) is 14.9 Å². The first-order valence-corrected chi connectivity index (χ1v) is 11.8. The van der Waals surface area contributed by atoms with E-state index in [1.165, 1.54) is 23.9 Å². The van der Waals surface area contributed by atoms with E-state index in [0.29, 0.717) is 22.6 Å². The van der Waals surface area contributed by atoms with Crippen LogP contribution in [-0.2, 0) is 4.79 Å². The Morgan fingerprint density at radius 2 is 1.97 bits per heavy atom. The van der Waals surface area contributed by atoms with Crippen LogP contribution in [0.1, 0.15) is 61.5 Å². The van der Waals surface area contributed by atoms with Gasteiger partial charge in [0.25, 0.3) is 0 Å². The number of carbonyl (C=O) groups excluding carboxylic acids is 1. The first kappa shape index (κ1) is 23.8. The molecule has 2 N–H and O–H groups in total. The fraction of sp³-hybridized carbons (Fsp3) is 0.346. The highest BCUT2D eigenvalue weighted by atomic mass is 32.1. The standard InChI is InChI=1S/C26H31N5O2S/c1-15(2)30-16(3)13-20(17(30)4)25-24(21-9-7-8-12-27-21)29-26(34)31(25)19-10-11-23(33-6)22(14-19)28-18(5)32/h7-15,24-25H,1-6H3,(H,28,32)(H,29,34)/t24-,25+/m1/s1. The molecule has 1 amide bonds. The van der Waals surface area contributed by atoms with E-state index in [-0.39, 0.29) is 18.0 Å². The molecule has 4 rings (SSSR count). The smallest absolute Gasteiger partial charge is 0.221 e. The van der Waals surface area contributed by atoms with Crippen LogP contribution in [0.15, 0.2) is 48.7 Å². The molecule has 0 bridgehead atoms. The molecule has 1 aliphatic heterocycles. The van der Waals surface area contributed by atoms with Gasteiger partial charge in [-0.15, -0.1) is 0 Å². The van der Waals surface area contributed by atoms with Gasteiger partial charge in [-0.1, -0.05) is 6.07 Å². The minimum Gasteiger partial charge on any atom is -0.495 e. The molecule has 0 saturated carbocycles. The Morgan fingerprint density at radius 1 is 1.21 bits per heavy atom. The van der Waals surface area contributed by atoms with Crippen LogP contribution in [0.25, 0.3) is 0 Å². The lowest BCUT2D eigenvalue weighted by Crippen LogP contribution is -2.29. The predicted octanol–water partition coefficient (Wildman–Crippen LogP) is 5.22. The molecule has 3 aromatic rings. The Balaban J connectivity index is 1.89. The summed E-state index contributed by atoms with van der Waals surface area (Å²) in [5.41, 5.74) is 5.97. The first-order chi connectivity index (χ1) is 16.2. The molecule has 34 heavy (non-hydrogen) atoms. The second-order valence-electron chi connectivity index (χ2n) is 8.85. The zero-order chi connectivity index (χ0) is 24.6. The Morgan fingerprint density at radius 3 is 2.56 bits per heavy atom. The minimum absolute atomic E-state index is 0.125. The average molecular weight is 478 g/mol. The van der Waals surface area contributed by atoms with Crippen LogP contribution >= 0.6 is 12.2 Å². The van der Waals surface area contributed by atoms with Crippen molar-refractivity contribution in [1.29, 1.82) is 0 Å². The molecule has 2 atom stereocenters. The molecule has 178 valence electrons. The molecule has 1 aliphatic rings. The Hall–Kier alpha value is -3.39. The highest BCUT2D eigenvalue weighted by molar-refractivity contribution is 7.80. The van der Waals surface area contributed by atoms with E-state index in [4.69, 9.17) is 17.0 Å². The SMILES string of the molecule is COc1ccc(N2C(=S)N[C@H](c3ccccn3)[C@@H]2c2cc(C)n(C(C)C)c2C)cc1NC(C)=O. The first-order valence-electron chi connectivity index (χ1n) is 11.4. The highest BCUT2D eigenvalue weighted by Gasteiger charge is 2.42. The average Bonchev–Trinajstić information content (AvgIpc) is 3.29. The zero-order valence-corrected chi connectivity index (χ0v) is 21.2. The van der Waals surface area contributed by atoms with Gasteiger partial charge in [-0.2, -0.15) is 0 Å². The van der Waals surface area contributed by atoms with Crippen molar-refractivity contribution in [2.45, 2.75) is 52.7 Å². The number of aromatic nitrogens is 2. The predicted molar refractivity (Wildman–Crippen MR) is 140 cm³/mol. The monoisotopic (exact) mass is 477 g/mol. The number of thiocarbonyl (C=S) groups is 1. The summed E-state index contributed by atoms with van der Waals surface area (Å²) in [6.45, 7) is 10.2. The van der Waals surface area contributed by atoms with Crippen LogP contribution in [0, 0.1) is 13.8 Å². The van der Waals surface area contributed by atoms with Gasteiger partial charge >= 0.3 is 0 Å². The molecular weight excluding hydrogens is 446 g/mol. The number of hydrogen-bond acceptors (Lipinski definition) is 4. The van der Waals surface area contributed by atoms with Crippen LogP contribution in [0.3, 0.4) is 0 Å². The Labute approximate surface area is 206 Å². The number of pyridine rings is 1. The lowest BCUT2D eigenvalue weighted by atomic mass is 9.96. The van der Waals surface area contributed by atoms with E-state index in [1.807, 2.05) is 36.4 Å². The molecule has 1 fully saturated rings. The Kier molecular flexibility index (Phi) is 6.61. The highest BCUT2D eigenvalue weighted by Crippen LogP contribution is 2.45. The fourth-order valence-electron chi connectivity index (χ4n) is 4.98. The van der Waals surface area contributed by atoms with Crippen molar-refractivity contribution in [3.63, 3.8) is 0 Å². The quantitative estimate of drug-likeness (QED) is 0.474. The van der Waals surface area contributed by atoms with E-state index < -0.39 is 0 Å². The summed E-state index contributed by atoms with van der Waals surface area (Å²) in [5, 5.41) is 6.98. The van der Waals surface area contributed by atoms with Gasteiger partial charge in [-0.3, -0.25) is 9.78 Å². The topological polar surface area (TPSA) is 71.4 Å². The number of amides is 1. The van der Waals surface area contributed by atoms with E-state index >= 15 is 0 Å². The van der Waals surface area contributed by atoms with Gasteiger partial charge in [0.1, 0.15) is 5.75 Å². The maximum atomic E-state index is 11.8. The molecule has 1 saturated heterocycles. The second-order valence-corrected chi connectivity index (χ2v) is 9.24. The molecule has 8 heteroatoms. The maximum Gasteiger partial charge on any atom is 0.221 e. The van der Waals surface area contributed by atoms with Crippen molar-refractivity contribution in [2.75, 3.05) is 17.3 Å². The summed E-state index contributed by atoms with van der Waals surface area (Å²) in [7, 11) is 1.59. The number of carbonyl (C=O) groups is 1. The lowest BCUT2D eigenvalue weighted by molar-refractivity contribution is -0.114. The number of hydrogen-bond donors (Lipinski definition) is 2. The summed E-state index contributed by atoms with van der Waals surface area (Å²) in [5.74, 6) is 0.425. The summed E-state index contributed by atoms with van der Waals surface area (Å²) >= 11 is 5.87. The van der Waals surface area contributed by atoms with Gasteiger partial charge in [-0.05, 0) is 81.9 Å². The number of rotatable bonds is 6. The third-order valence-corrected chi connectivity index (χ3v) is 6.54. The fourth-order valence-corrected chi connectivity index (χ4v) is 5.32. The van der Waals surface area contributed by atoms with Gasteiger partial charge in [0, 0.05) is 36.2 Å². The third kappa shape index (κ3) is 4.25. The normalized spacial score (nSPS) is 17.7. The van der Waals surface area contributed by atoms with Crippen molar-refractivity contribution < 1.29 is 9.53 Å².